The number of nitrogens with two attached hydrogens (primary N) is 1. The fourth-order valence-corrected chi connectivity index (χ4v) is 2.75. The summed E-state index contributed by atoms with van der Waals surface area (Å²) in [5.41, 5.74) is 12.2. The van der Waals surface area contributed by atoms with Gasteiger partial charge in [-0.05, 0) is 31.5 Å². The van der Waals surface area contributed by atoms with Gasteiger partial charge in [0.25, 0.3) is 0 Å². The molecule has 104 valence electrons. The zero-order valence-electron chi connectivity index (χ0n) is 12.3. The van der Waals surface area contributed by atoms with Gasteiger partial charge in [-0.15, -0.1) is 0 Å². The Morgan fingerprint density at radius 1 is 1.20 bits per heavy atom. The number of hydrogen-bond donors (Lipinski definition) is 1. The highest BCUT2D eigenvalue weighted by Crippen LogP contribution is 2.28. The van der Waals surface area contributed by atoms with Crippen LogP contribution in [0.1, 0.15) is 17.1 Å². The van der Waals surface area contributed by atoms with E-state index < -0.39 is 0 Å². The van der Waals surface area contributed by atoms with Gasteiger partial charge in [-0.25, -0.2) is 4.98 Å². The summed E-state index contributed by atoms with van der Waals surface area (Å²) >= 11 is 0. The highest BCUT2D eigenvalue weighted by atomic mass is 15.3. The Morgan fingerprint density at radius 3 is 2.60 bits per heavy atom. The molecule has 5 heteroatoms. The maximum Gasteiger partial charge on any atom is 0.106 e. The molecule has 5 nitrogen and oxygen atoms in total. The molecule has 0 unspecified atom stereocenters. The van der Waals surface area contributed by atoms with E-state index in [1.165, 1.54) is 0 Å². The van der Waals surface area contributed by atoms with Gasteiger partial charge < -0.3 is 10.3 Å². The quantitative estimate of drug-likeness (QED) is 0.774. The van der Waals surface area contributed by atoms with E-state index in [0.717, 1.165) is 39.4 Å². The fourth-order valence-electron chi connectivity index (χ4n) is 2.75. The molecule has 2 heterocycles. The van der Waals surface area contributed by atoms with E-state index in [-0.39, 0.29) is 0 Å². The predicted molar refractivity (Wildman–Crippen MR) is 80.3 cm³/mol. The second-order valence-corrected chi connectivity index (χ2v) is 5.17. The Balaban J connectivity index is 2.22. The van der Waals surface area contributed by atoms with E-state index in [1.807, 2.05) is 25.7 Å². The number of fused-ring (bicyclic) bond motifs is 1. The largest absolute Gasteiger partial charge is 0.331 e. The lowest BCUT2D eigenvalue weighted by atomic mass is 10.1. The minimum absolute atomic E-state index is 0.463. The lowest BCUT2D eigenvalue weighted by Gasteiger charge is -2.04. The third-order valence-electron chi connectivity index (χ3n) is 3.95. The molecule has 0 aliphatic heterocycles. The maximum absolute atomic E-state index is 5.73. The van der Waals surface area contributed by atoms with Crippen molar-refractivity contribution in [3.63, 3.8) is 0 Å². The molecule has 0 saturated carbocycles. The summed E-state index contributed by atoms with van der Waals surface area (Å²) in [6.07, 6.45) is 0. The number of rotatable bonds is 2. The first-order chi connectivity index (χ1) is 9.52. The zero-order valence-corrected chi connectivity index (χ0v) is 12.3. The van der Waals surface area contributed by atoms with Crippen LogP contribution in [0.4, 0.5) is 0 Å². The molecule has 0 aliphatic carbocycles. The molecule has 0 saturated heterocycles. The average Bonchev–Trinajstić information content (AvgIpc) is 2.87. The van der Waals surface area contributed by atoms with Crippen LogP contribution < -0.4 is 5.73 Å². The van der Waals surface area contributed by atoms with Crippen molar-refractivity contribution in [2.75, 3.05) is 0 Å². The van der Waals surface area contributed by atoms with Crippen LogP contribution in [-0.4, -0.2) is 19.3 Å². The van der Waals surface area contributed by atoms with E-state index in [0.29, 0.717) is 6.54 Å². The predicted octanol–water partition coefficient (Wildman–Crippen LogP) is 2.05. The second kappa shape index (κ2) is 4.45. The number of aromatic nitrogens is 4. The number of aryl methyl sites for hydroxylation is 3. The summed E-state index contributed by atoms with van der Waals surface area (Å²) in [7, 11) is 3.99. The summed E-state index contributed by atoms with van der Waals surface area (Å²) in [5, 5.41) is 4.47. The highest BCUT2D eigenvalue weighted by molar-refractivity contribution is 5.82. The van der Waals surface area contributed by atoms with Crippen molar-refractivity contribution < 1.29 is 0 Å². The zero-order chi connectivity index (χ0) is 14.4. The normalized spacial score (nSPS) is 11.4. The minimum atomic E-state index is 0.463. The lowest BCUT2D eigenvalue weighted by Crippen LogP contribution is -1.99. The third kappa shape index (κ3) is 1.74. The standard InChI is InChI=1S/C15H19N5/c1-9-13(8-16)18-20(4)15(9)11-5-6-14-12(7-11)17-10(2)19(14)3/h5-7H,8,16H2,1-4H3. The monoisotopic (exact) mass is 269 g/mol. The second-order valence-electron chi connectivity index (χ2n) is 5.17. The smallest absolute Gasteiger partial charge is 0.106 e. The number of nitrogens with zero attached hydrogens (tertiary/aromatic N) is 4. The summed E-state index contributed by atoms with van der Waals surface area (Å²) in [6.45, 7) is 4.55. The van der Waals surface area contributed by atoms with Crippen LogP contribution in [0.15, 0.2) is 18.2 Å². The van der Waals surface area contributed by atoms with Crippen molar-refractivity contribution in [2.45, 2.75) is 20.4 Å². The van der Waals surface area contributed by atoms with Crippen LogP contribution in [0.25, 0.3) is 22.3 Å². The van der Waals surface area contributed by atoms with Crippen molar-refractivity contribution >= 4 is 11.0 Å². The average molecular weight is 269 g/mol. The van der Waals surface area contributed by atoms with Crippen LogP contribution in [-0.2, 0) is 20.6 Å². The van der Waals surface area contributed by atoms with Gasteiger partial charge in [0.2, 0.25) is 0 Å². The molecule has 2 aromatic heterocycles. The minimum Gasteiger partial charge on any atom is -0.331 e. The molecule has 0 amide bonds. The van der Waals surface area contributed by atoms with E-state index in [4.69, 9.17) is 5.73 Å². The van der Waals surface area contributed by atoms with Gasteiger partial charge >= 0.3 is 0 Å². The first-order valence-corrected chi connectivity index (χ1v) is 6.69. The Bertz CT molecular complexity index is 794. The molecular weight excluding hydrogens is 250 g/mol. The van der Waals surface area contributed by atoms with Crippen molar-refractivity contribution in [3.8, 4) is 11.3 Å². The first kappa shape index (κ1) is 12.9. The van der Waals surface area contributed by atoms with Gasteiger partial charge in [0, 0.05) is 26.2 Å². The molecule has 20 heavy (non-hydrogen) atoms. The molecular formula is C15H19N5. The molecule has 3 rings (SSSR count). The molecule has 3 aromatic rings. The van der Waals surface area contributed by atoms with Gasteiger partial charge in [-0.3, -0.25) is 4.68 Å². The first-order valence-electron chi connectivity index (χ1n) is 6.69. The summed E-state index contributed by atoms with van der Waals surface area (Å²) in [4.78, 5) is 4.59. The number of hydrogen-bond acceptors (Lipinski definition) is 3. The van der Waals surface area contributed by atoms with Gasteiger partial charge in [0.15, 0.2) is 0 Å². The third-order valence-corrected chi connectivity index (χ3v) is 3.95. The molecule has 1 aromatic carbocycles. The Morgan fingerprint density at radius 2 is 1.95 bits per heavy atom. The maximum atomic E-state index is 5.73. The SMILES string of the molecule is Cc1c(CN)nn(C)c1-c1ccc2c(c1)nc(C)n2C. The Hall–Kier alpha value is -2.14. The van der Waals surface area contributed by atoms with Crippen molar-refractivity contribution in [1.29, 1.82) is 0 Å². The summed E-state index contributed by atoms with van der Waals surface area (Å²) in [6, 6.07) is 6.35. The lowest BCUT2D eigenvalue weighted by molar-refractivity contribution is 0.749. The van der Waals surface area contributed by atoms with Gasteiger partial charge in [-0.2, -0.15) is 5.10 Å². The molecule has 2 N–H and O–H groups in total. The van der Waals surface area contributed by atoms with Crippen molar-refractivity contribution in [2.24, 2.45) is 19.8 Å². The summed E-state index contributed by atoms with van der Waals surface area (Å²) in [5.74, 6) is 1.02. The number of imidazole rings is 1. The fraction of sp³-hybridized carbons (Fsp3) is 0.333. The molecule has 0 aliphatic rings. The van der Waals surface area contributed by atoms with E-state index in [2.05, 4.69) is 39.8 Å². The Labute approximate surface area is 118 Å². The Kier molecular flexibility index (Phi) is 2.87. The highest BCUT2D eigenvalue weighted by Gasteiger charge is 2.14. The molecule has 0 fully saturated rings. The van der Waals surface area contributed by atoms with Crippen LogP contribution >= 0.6 is 0 Å². The molecule has 0 radical (unpaired) electrons. The van der Waals surface area contributed by atoms with Gasteiger partial charge in [0.05, 0.1) is 22.4 Å². The van der Waals surface area contributed by atoms with Crippen molar-refractivity contribution in [3.05, 3.63) is 35.3 Å². The molecule has 0 atom stereocenters. The molecule has 0 bridgehead atoms. The van der Waals surface area contributed by atoms with Gasteiger partial charge in [0.1, 0.15) is 5.82 Å². The number of benzene rings is 1. The van der Waals surface area contributed by atoms with Crippen LogP contribution in [0.5, 0.6) is 0 Å². The van der Waals surface area contributed by atoms with E-state index in [9.17, 15) is 0 Å². The van der Waals surface area contributed by atoms with Gasteiger partial charge in [-0.1, -0.05) is 6.07 Å². The van der Waals surface area contributed by atoms with Crippen molar-refractivity contribution in [1.82, 2.24) is 19.3 Å². The molecule has 0 spiro atoms. The topological polar surface area (TPSA) is 61.7 Å². The van der Waals surface area contributed by atoms with Crippen LogP contribution in [0.3, 0.4) is 0 Å². The summed E-state index contributed by atoms with van der Waals surface area (Å²) < 4.78 is 4.00. The van der Waals surface area contributed by atoms with Crippen LogP contribution in [0.2, 0.25) is 0 Å². The van der Waals surface area contributed by atoms with Crippen LogP contribution in [0, 0.1) is 13.8 Å². The van der Waals surface area contributed by atoms with E-state index in [1.54, 1.807) is 0 Å². The van der Waals surface area contributed by atoms with E-state index >= 15 is 0 Å².